The summed E-state index contributed by atoms with van der Waals surface area (Å²) in [6.07, 6.45) is 3.39. The van der Waals surface area contributed by atoms with Crippen LogP contribution in [0.4, 0.5) is 0 Å². The van der Waals surface area contributed by atoms with E-state index >= 15 is 0 Å². The Labute approximate surface area is 120 Å². The van der Waals surface area contributed by atoms with Crippen LogP contribution < -0.4 is 0 Å². The van der Waals surface area contributed by atoms with Crippen LogP contribution in [-0.2, 0) is 42.1 Å². The fourth-order valence-electron chi connectivity index (χ4n) is 0.911. The zero-order chi connectivity index (χ0) is 14.3. The van der Waals surface area contributed by atoms with E-state index in [4.69, 9.17) is 14.0 Å². The van der Waals surface area contributed by atoms with E-state index in [0.717, 1.165) is 10.5 Å². The second-order valence-electron chi connectivity index (χ2n) is 2.20. The summed E-state index contributed by atoms with van der Waals surface area (Å²) in [5.74, 6) is 0. The molecule has 0 aliphatic rings. The van der Waals surface area contributed by atoms with Gasteiger partial charge in [0, 0.05) is 28.5 Å². The minimum Gasteiger partial charge on any atom is 0 e. The minimum atomic E-state index is -0.912. The normalized spacial score (nSPS) is 7.94. The molecular weight excluding hydrogens is 292 g/mol. The Kier molecular flexibility index (Phi) is 30.2. The van der Waals surface area contributed by atoms with Crippen molar-refractivity contribution in [3.63, 3.8) is 0 Å². The molecule has 4 nitrogen and oxygen atoms in total. The average Bonchev–Trinajstić information content (AvgIpc) is 2.45. The Bertz CT molecular complexity index is 396. The van der Waals surface area contributed by atoms with E-state index in [0.29, 0.717) is 0 Å². The predicted molar refractivity (Wildman–Crippen MR) is 60.7 cm³/mol. The van der Waals surface area contributed by atoms with Gasteiger partial charge in [0.05, 0.1) is 10.8 Å². The Hall–Kier alpha value is -1.14. The summed E-state index contributed by atoms with van der Waals surface area (Å²) in [6.45, 7) is 17.1. The van der Waals surface area contributed by atoms with Crippen LogP contribution in [0.5, 0.6) is 0 Å². The Morgan fingerprint density at radius 2 is 1.50 bits per heavy atom. The maximum atomic E-state index is 11.1. The molecule has 0 N–H and O–H groups in total. The summed E-state index contributed by atoms with van der Waals surface area (Å²) in [6, 6.07) is 7.55. The summed E-state index contributed by atoms with van der Waals surface area (Å²) >= 11 is 0. The minimum absolute atomic E-state index is 0. The monoisotopic (exact) mass is 302 g/mol. The molecule has 0 saturated carbocycles. The second-order valence-corrected chi connectivity index (χ2v) is 3.54. The Morgan fingerprint density at radius 3 is 1.78 bits per heavy atom. The summed E-state index contributed by atoms with van der Waals surface area (Å²) in [5, 5.41) is 0. The van der Waals surface area contributed by atoms with Crippen LogP contribution in [0.15, 0.2) is 35.7 Å². The van der Waals surface area contributed by atoms with Gasteiger partial charge in [-0.15, -0.1) is 0 Å². The summed E-state index contributed by atoms with van der Waals surface area (Å²) in [5.41, 5.74) is 0.952. The first-order valence-corrected chi connectivity index (χ1v) is 5.47. The van der Waals surface area contributed by atoms with Crippen LogP contribution in [0.3, 0.4) is 0 Å². The van der Waals surface area contributed by atoms with Crippen molar-refractivity contribution < 1.29 is 35.5 Å². The second kappa shape index (κ2) is 21.2. The number of rotatable bonds is 2. The van der Waals surface area contributed by atoms with Crippen LogP contribution in [-0.4, -0.2) is 10.5 Å². The first kappa shape index (κ1) is 25.6. The van der Waals surface area contributed by atoms with Crippen LogP contribution in [0, 0.1) is 20.0 Å². The number of benzene rings is 1. The SMILES string of the molecule is C=Cc1ccccc1S(C)=O.[C-]#[O+].[C-]#[O+].[C-]#[O+].[Cr]. The smallest absolute Gasteiger partial charge is 0 e. The van der Waals surface area contributed by atoms with Gasteiger partial charge in [-0.2, -0.15) is 0 Å². The molecule has 1 aromatic carbocycles. The van der Waals surface area contributed by atoms with Gasteiger partial charge in [-0.25, -0.2) is 0 Å². The Balaban J connectivity index is -0.000000123. The molecular formula is C12H10CrO4S. The zero-order valence-electron chi connectivity index (χ0n) is 9.54. The van der Waals surface area contributed by atoms with Gasteiger partial charge in [-0.1, -0.05) is 30.9 Å². The molecule has 18 heavy (non-hydrogen) atoms. The molecule has 0 fully saturated rings. The third-order valence-corrected chi connectivity index (χ3v) is 2.44. The van der Waals surface area contributed by atoms with Gasteiger partial charge in [-0.3, -0.25) is 4.21 Å². The quantitative estimate of drug-likeness (QED) is 0.607. The third-order valence-electron chi connectivity index (χ3n) is 1.45. The molecule has 0 aliphatic heterocycles. The summed E-state index contributed by atoms with van der Waals surface area (Å²) in [4.78, 5) is 0.850. The molecule has 0 bridgehead atoms. The summed E-state index contributed by atoms with van der Waals surface area (Å²) in [7, 11) is -0.912. The molecule has 0 aliphatic carbocycles. The topological polar surface area (TPSA) is 76.8 Å². The van der Waals surface area contributed by atoms with Gasteiger partial charge in [0.25, 0.3) is 0 Å². The predicted octanol–water partition coefficient (Wildman–Crippen LogP) is 1.95. The van der Waals surface area contributed by atoms with Gasteiger partial charge in [0.1, 0.15) is 0 Å². The summed E-state index contributed by atoms with van der Waals surface area (Å²) < 4.78 is 33.6. The molecule has 1 rings (SSSR count). The molecule has 1 aromatic rings. The van der Waals surface area contributed by atoms with Crippen LogP contribution >= 0.6 is 0 Å². The van der Waals surface area contributed by atoms with Crippen molar-refractivity contribution in [2.45, 2.75) is 4.90 Å². The first-order chi connectivity index (χ1) is 8.25. The maximum Gasteiger partial charge on any atom is 0 e. The van der Waals surface area contributed by atoms with Crippen LogP contribution in [0.25, 0.3) is 6.08 Å². The van der Waals surface area contributed by atoms with Crippen molar-refractivity contribution in [1.82, 2.24) is 0 Å². The van der Waals surface area contributed by atoms with E-state index in [1.807, 2.05) is 24.3 Å². The molecule has 1 atom stereocenters. The molecule has 94 valence electrons. The number of hydrogen-bond donors (Lipinski definition) is 0. The molecule has 6 heteroatoms. The third kappa shape index (κ3) is 11.4. The van der Waals surface area contributed by atoms with Crippen molar-refractivity contribution in [3.8, 4) is 0 Å². The molecule has 0 heterocycles. The largest absolute Gasteiger partial charge is 0 e. The zero-order valence-corrected chi connectivity index (χ0v) is 11.6. The molecule has 0 aromatic heterocycles. The fraction of sp³-hybridized carbons (Fsp3) is 0.0833. The van der Waals surface area contributed by atoms with Gasteiger partial charge in [0.15, 0.2) is 0 Å². The molecule has 0 saturated heterocycles. The van der Waals surface area contributed by atoms with E-state index in [-0.39, 0.29) is 17.4 Å². The van der Waals surface area contributed by atoms with E-state index in [9.17, 15) is 4.21 Å². The van der Waals surface area contributed by atoms with Crippen molar-refractivity contribution in [2.75, 3.05) is 6.26 Å². The molecule has 0 amide bonds. The Morgan fingerprint density at radius 1 is 1.11 bits per heavy atom. The maximum absolute atomic E-state index is 11.1. The van der Waals surface area contributed by atoms with Gasteiger partial charge in [0.2, 0.25) is 0 Å². The van der Waals surface area contributed by atoms with Crippen molar-refractivity contribution >= 4 is 16.9 Å². The number of hydrogen-bond acceptors (Lipinski definition) is 1. The van der Waals surface area contributed by atoms with Gasteiger partial charge < -0.3 is 0 Å². The molecule has 0 radical (unpaired) electrons. The van der Waals surface area contributed by atoms with E-state index in [1.165, 1.54) is 0 Å². The van der Waals surface area contributed by atoms with Gasteiger partial charge in [-0.05, 0) is 11.6 Å². The van der Waals surface area contributed by atoms with E-state index in [2.05, 4.69) is 26.5 Å². The van der Waals surface area contributed by atoms with E-state index < -0.39 is 10.8 Å². The fourth-order valence-corrected chi connectivity index (χ4v) is 1.66. The van der Waals surface area contributed by atoms with Crippen LogP contribution in [0.1, 0.15) is 5.56 Å². The average molecular weight is 302 g/mol. The first-order valence-electron chi connectivity index (χ1n) is 3.92. The standard InChI is InChI=1S/C9H10OS.3CO.Cr/c1-3-8-6-4-5-7-9(8)11(2)10;3*1-2;/h3-7H,1H2,2H3;;;;. The van der Waals surface area contributed by atoms with E-state index in [1.54, 1.807) is 12.3 Å². The van der Waals surface area contributed by atoms with Crippen molar-refractivity contribution in [3.05, 3.63) is 56.4 Å². The molecule has 0 spiro atoms. The van der Waals surface area contributed by atoms with Gasteiger partial charge >= 0.3 is 33.9 Å². The van der Waals surface area contributed by atoms with Crippen LogP contribution in [0.2, 0.25) is 0 Å². The molecule has 1 unspecified atom stereocenters. The van der Waals surface area contributed by atoms with Crippen molar-refractivity contribution in [1.29, 1.82) is 0 Å². The van der Waals surface area contributed by atoms with Crippen molar-refractivity contribution in [2.24, 2.45) is 0 Å².